The van der Waals surface area contributed by atoms with Gasteiger partial charge in [-0.1, -0.05) is 40.2 Å². The quantitative estimate of drug-likeness (QED) is 0.456. The number of rotatable bonds is 5. The maximum atomic E-state index is 8.75. The van der Waals surface area contributed by atoms with Crippen LogP contribution in [0.1, 0.15) is 6.42 Å². The highest BCUT2D eigenvalue weighted by Gasteiger charge is 2.11. The molecule has 132 valence electrons. The summed E-state index contributed by atoms with van der Waals surface area (Å²) in [7, 11) is 0. The molecule has 7 heteroatoms. The van der Waals surface area contributed by atoms with E-state index in [4.69, 9.17) is 10.00 Å². The van der Waals surface area contributed by atoms with Crippen molar-refractivity contribution < 1.29 is 4.74 Å². The third-order valence-corrected chi connectivity index (χ3v) is 4.61. The van der Waals surface area contributed by atoms with Crippen molar-refractivity contribution in [2.24, 2.45) is 0 Å². The monoisotopic (exact) mass is 419 g/mol. The van der Waals surface area contributed by atoms with Crippen LogP contribution in [-0.2, 0) is 6.54 Å². The lowest BCUT2D eigenvalue weighted by Crippen LogP contribution is -2.00. The Balaban J connectivity index is 1.58. The van der Waals surface area contributed by atoms with E-state index in [1.807, 2.05) is 36.4 Å². The first-order chi connectivity index (χ1) is 13.2. The van der Waals surface area contributed by atoms with Crippen LogP contribution in [-0.4, -0.2) is 19.7 Å². The molecule has 0 N–H and O–H groups in total. The van der Waals surface area contributed by atoms with Crippen LogP contribution in [0.2, 0.25) is 0 Å². The zero-order valence-corrected chi connectivity index (χ0v) is 15.8. The Bertz CT molecular complexity index is 1110. The lowest BCUT2D eigenvalue weighted by molar-refractivity contribution is 0.468. The number of ether oxygens (including phenoxy) is 1. The highest BCUT2D eigenvalue weighted by molar-refractivity contribution is 9.10. The van der Waals surface area contributed by atoms with Crippen molar-refractivity contribution in [3.05, 3.63) is 65.5 Å². The van der Waals surface area contributed by atoms with Crippen molar-refractivity contribution in [1.82, 2.24) is 19.7 Å². The molecule has 0 saturated carbocycles. The van der Waals surface area contributed by atoms with E-state index in [0.29, 0.717) is 35.6 Å². The number of aryl methyl sites for hydroxylation is 1. The number of benzene rings is 2. The minimum atomic E-state index is 0.370. The average molecular weight is 420 g/mol. The maximum absolute atomic E-state index is 8.75. The van der Waals surface area contributed by atoms with Gasteiger partial charge in [0.25, 0.3) is 0 Å². The Kier molecular flexibility index (Phi) is 4.81. The first-order valence-electron chi connectivity index (χ1n) is 8.32. The molecule has 0 aliphatic carbocycles. The minimum absolute atomic E-state index is 0.370. The second-order valence-electron chi connectivity index (χ2n) is 5.83. The summed E-state index contributed by atoms with van der Waals surface area (Å²) in [5.41, 5.74) is 2.89. The van der Waals surface area contributed by atoms with Gasteiger partial charge in [0.15, 0.2) is 5.65 Å². The normalized spacial score (nSPS) is 10.7. The maximum Gasteiger partial charge on any atom is 0.233 e. The van der Waals surface area contributed by atoms with E-state index in [-0.39, 0.29) is 0 Å². The predicted molar refractivity (Wildman–Crippen MR) is 105 cm³/mol. The zero-order valence-electron chi connectivity index (χ0n) is 14.2. The van der Waals surface area contributed by atoms with Crippen LogP contribution in [0.4, 0.5) is 0 Å². The molecule has 0 unspecified atom stereocenters. The van der Waals surface area contributed by atoms with Crippen LogP contribution in [0.15, 0.2) is 65.5 Å². The molecule has 0 bridgehead atoms. The molecule has 0 aliphatic heterocycles. The lowest BCUT2D eigenvalue weighted by Gasteiger charge is -2.07. The van der Waals surface area contributed by atoms with Gasteiger partial charge in [-0.25, -0.2) is 14.6 Å². The number of hydrogen-bond acceptors (Lipinski definition) is 5. The van der Waals surface area contributed by atoms with Gasteiger partial charge in [-0.3, -0.25) is 0 Å². The van der Waals surface area contributed by atoms with Crippen molar-refractivity contribution in [3.63, 3.8) is 0 Å². The first kappa shape index (κ1) is 17.2. The average Bonchev–Trinajstić information content (AvgIpc) is 3.12. The lowest BCUT2D eigenvalue weighted by atomic mass is 10.1. The molecule has 2 aromatic heterocycles. The largest absolute Gasteiger partial charge is 0.438 e. The highest BCUT2D eigenvalue weighted by Crippen LogP contribution is 2.29. The number of nitrogens with zero attached hydrogens (tertiary/aromatic N) is 5. The summed E-state index contributed by atoms with van der Waals surface area (Å²) in [6.07, 6.45) is 3.48. The van der Waals surface area contributed by atoms with Gasteiger partial charge in [0.1, 0.15) is 17.5 Å². The Morgan fingerprint density at radius 1 is 1.00 bits per heavy atom. The van der Waals surface area contributed by atoms with Gasteiger partial charge in [-0.15, -0.1) is 0 Å². The van der Waals surface area contributed by atoms with E-state index in [2.05, 4.69) is 49.2 Å². The molecule has 4 rings (SSSR count). The third-order valence-electron chi connectivity index (χ3n) is 4.08. The van der Waals surface area contributed by atoms with Gasteiger partial charge in [0.2, 0.25) is 5.88 Å². The highest BCUT2D eigenvalue weighted by atomic mass is 79.9. The van der Waals surface area contributed by atoms with Crippen LogP contribution >= 0.6 is 15.9 Å². The smallest absolute Gasteiger partial charge is 0.233 e. The van der Waals surface area contributed by atoms with Crippen molar-refractivity contribution in [2.75, 3.05) is 0 Å². The molecule has 27 heavy (non-hydrogen) atoms. The van der Waals surface area contributed by atoms with Crippen LogP contribution < -0.4 is 4.74 Å². The van der Waals surface area contributed by atoms with Gasteiger partial charge >= 0.3 is 0 Å². The fraction of sp³-hybridized carbons (Fsp3) is 0.100. The molecule has 0 atom stereocenters. The summed E-state index contributed by atoms with van der Waals surface area (Å²) >= 11 is 3.45. The van der Waals surface area contributed by atoms with Crippen molar-refractivity contribution >= 4 is 27.0 Å². The summed E-state index contributed by atoms with van der Waals surface area (Å²) < 4.78 is 8.68. The molecule has 2 aromatic carbocycles. The van der Waals surface area contributed by atoms with Gasteiger partial charge in [0.05, 0.1) is 25.2 Å². The van der Waals surface area contributed by atoms with E-state index in [0.717, 1.165) is 15.6 Å². The molecule has 0 radical (unpaired) electrons. The standard InChI is InChI=1S/C20H14BrN5O/c21-16-6-2-14(3-7-16)15-4-8-17(9-5-15)27-20-18-12-25-26(11-1-10-22)19(18)23-13-24-20/h2-9,12-13H,1,11H2. The molecule has 0 fully saturated rings. The number of halogens is 1. The second-order valence-corrected chi connectivity index (χ2v) is 6.74. The third kappa shape index (κ3) is 3.66. The van der Waals surface area contributed by atoms with Crippen LogP contribution in [0, 0.1) is 11.3 Å². The summed E-state index contributed by atoms with van der Waals surface area (Å²) in [5, 5.41) is 13.7. The van der Waals surface area contributed by atoms with Crippen LogP contribution in [0.5, 0.6) is 11.6 Å². The van der Waals surface area contributed by atoms with E-state index >= 15 is 0 Å². The fourth-order valence-corrected chi connectivity index (χ4v) is 3.01. The van der Waals surface area contributed by atoms with Crippen molar-refractivity contribution in [2.45, 2.75) is 13.0 Å². The minimum Gasteiger partial charge on any atom is -0.438 e. The van der Waals surface area contributed by atoms with Gasteiger partial charge in [-0.2, -0.15) is 10.4 Å². The number of hydrogen-bond donors (Lipinski definition) is 0. The number of nitriles is 1. The fourth-order valence-electron chi connectivity index (χ4n) is 2.74. The SMILES string of the molecule is N#CCCn1ncc2c(Oc3ccc(-c4ccc(Br)cc4)cc3)ncnc21. The Morgan fingerprint density at radius 3 is 2.41 bits per heavy atom. The van der Waals surface area contributed by atoms with E-state index < -0.39 is 0 Å². The Labute approximate surface area is 164 Å². The van der Waals surface area contributed by atoms with Crippen molar-refractivity contribution in [3.8, 4) is 28.8 Å². The Morgan fingerprint density at radius 2 is 1.70 bits per heavy atom. The number of aromatic nitrogens is 4. The second kappa shape index (κ2) is 7.56. The molecular formula is C20H14BrN5O. The van der Waals surface area contributed by atoms with Crippen molar-refractivity contribution in [1.29, 1.82) is 5.26 Å². The molecule has 0 spiro atoms. The van der Waals surface area contributed by atoms with Crippen LogP contribution in [0.3, 0.4) is 0 Å². The molecule has 4 aromatic rings. The zero-order chi connectivity index (χ0) is 18.6. The number of fused-ring (bicyclic) bond motifs is 1. The molecule has 6 nitrogen and oxygen atoms in total. The predicted octanol–water partition coefficient (Wildman–Crippen LogP) is 4.96. The van der Waals surface area contributed by atoms with Gasteiger partial charge in [-0.05, 0) is 35.4 Å². The summed E-state index contributed by atoms with van der Waals surface area (Å²) in [6, 6.07) is 18.1. The molecular weight excluding hydrogens is 406 g/mol. The molecule has 0 amide bonds. The van der Waals surface area contributed by atoms with Crippen LogP contribution in [0.25, 0.3) is 22.2 Å². The van der Waals surface area contributed by atoms with E-state index in [1.165, 1.54) is 6.33 Å². The molecule has 0 aliphatic rings. The summed E-state index contributed by atoms with van der Waals surface area (Å²) in [6.45, 7) is 0.484. The summed E-state index contributed by atoms with van der Waals surface area (Å²) in [5.74, 6) is 1.13. The summed E-state index contributed by atoms with van der Waals surface area (Å²) in [4.78, 5) is 8.48. The topological polar surface area (TPSA) is 76.6 Å². The Hall–Kier alpha value is -3.24. The van der Waals surface area contributed by atoms with Gasteiger partial charge < -0.3 is 4.74 Å². The molecule has 0 saturated heterocycles. The van der Waals surface area contributed by atoms with E-state index in [1.54, 1.807) is 10.9 Å². The molecule has 2 heterocycles. The first-order valence-corrected chi connectivity index (χ1v) is 9.11. The van der Waals surface area contributed by atoms with E-state index in [9.17, 15) is 0 Å². The van der Waals surface area contributed by atoms with Gasteiger partial charge in [0, 0.05) is 4.47 Å².